The zero-order chi connectivity index (χ0) is 17.8. The van der Waals surface area contributed by atoms with Gasteiger partial charge in [-0.15, -0.1) is 0 Å². The fourth-order valence-electron chi connectivity index (χ4n) is 2.41. The van der Waals surface area contributed by atoms with Crippen LogP contribution in [0.2, 0.25) is 0 Å². The summed E-state index contributed by atoms with van der Waals surface area (Å²) in [6.45, 7) is 11.5. The van der Waals surface area contributed by atoms with E-state index in [1.54, 1.807) is 13.3 Å². The van der Waals surface area contributed by atoms with Crippen molar-refractivity contribution >= 4 is 0 Å². The fraction of sp³-hybridized carbons (Fsp3) is 0.500. The molecule has 0 aliphatic carbocycles. The van der Waals surface area contributed by atoms with Gasteiger partial charge in [-0.25, -0.2) is 4.98 Å². The summed E-state index contributed by atoms with van der Waals surface area (Å²) in [5.41, 5.74) is 2.40. The Balaban J connectivity index is 2.00. The van der Waals surface area contributed by atoms with Crippen molar-refractivity contribution in [3.63, 3.8) is 0 Å². The third-order valence-corrected chi connectivity index (χ3v) is 4.31. The van der Waals surface area contributed by atoms with Crippen LogP contribution in [-0.4, -0.2) is 23.7 Å². The lowest BCUT2D eigenvalue weighted by molar-refractivity contribution is 0.263. The fourth-order valence-corrected chi connectivity index (χ4v) is 2.41. The summed E-state index contributed by atoms with van der Waals surface area (Å²) in [7, 11) is 1.66. The Morgan fingerprint density at radius 1 is 1.00 bits per heavy atom. The summed E-state index contributed by atoms with van der Waals surface area (Å²) < 4.78 is 11.2. The number of methoxy groups -OCH3 is 1. The first kappa shape index (κ1) is 18.2. The predicted molar refractivity (Wildman–Crippen MR) is 96.9 cm³/mol. The Morgan fingerprint density at radius 3 is 2.42 bits per heavy atom. The molecule has 0 saturated carbocycles. The van der Waals surface area contributed by atoms with E-state index in [0.29, 0.717) is 12.5 Å². The zero-order valence-electron chi connectivity index (χ0n) is 15.6. The lowest BCUT2D eigenvalue weighted by atomic mass is 9.83. The van der Waals surface area contributed by atoms with Crippen LogP contribution in [0.5, 0.6) is 11.6 Å². The number of hydrogen-bond donors (Lipinski definition) is 0. The second-order valence-corrected chi connectivity index (χ2v) is 7.73. The largest absolute Gasteiger partial charge is 0.495 e. The average molecular weight is 328 g/mol. The summed E-state index contributed by atoms with van der Waals surface area (Å²) in [6.07, 6.45) is 6.29. The molecule has 0 saturated heterocycles. The van der Waals surface area contributed by atoms with E-state index >= 15 is 0 Å². The summed E-state index contributed by atoms with van der Waals surface area (Å²) >= 11 is 0. The molecule has 0 fully saturated rings. The van der Waals surface area contributed by atoms with Gasteiger partial charge in [0.15, 0.2) is 0 Å². The molecule has 0 aliphatic rings. The number of aromatic nitrogens is 2. The monoisotopic (exact) mass is 328 g/mol. The molecule has 2 aromatic heterocycles. The van der Waals surface area contributed by atoms with E-state index in [4.69, 9.17) is 9.47 Å². The van der Waals surface area contributed by atoms with Gasteiger partial charge in [-0.2, -0.15) is 0 Å². The molecule has 0 spiro atoms. The molecule has 0 aliphatic heterocycles. The minimum absolute atomic E-state index is 0.0524. The zero-order valence-corrected chi connectivity index (χ0v) is 15.6. The molecule has 0 atom stereocenters. The van der Waals surface area contributed by atoms with Gasteiger partial charge in [-0.05, 0) is 40.5 Å². The first-order valence-corrected chi connectivity index (χ1v) is 8.31. The molecule has 130 valence electrons. The van der Waals surface area contributed by atoms with E-state index in [1.165, 1.54) is 5.56 Å². The Labute approximate surface area is 145 Å². The summed E-state index contributed by atoms with van der Waals surface area (Å²) in [4.78, 5) is 8.57. The molecule has 0 aromatic carbocycles. The second-order valence-electron chi connectivity index (χ2n) is 7.73. The van der Waals surface area contributed by atoms with Crippen LogP contribution < -0.4 is 9.47 Å². The van der Waals surface area contributed by atoms with Crippen molar-refractivity contribution in [2.75, 3.05) is 13.7 Å². The van der Waals surface area contributed by atoms with Crippen LogP contribution >= 0.6 is 0 Å². The quantitative estimate of drug-likeness (QED) is 0.781. The van der Waals surface area contributed by atoms with Crippen LogP contribution in [0.15, 0.2) is 36.8 Å². The van der Waals surface area contributed by atoms with Crippen molar-refractivity contribution < 1.29 is 9.47 Å². The maximum Gasteiger partial charge on any atom is 0.213 e. The highest BCUT2D eigenvalue weighted by molar-refractivity contribution is 5.29. The molecule has 2 rings (SSSR count). The van der Waals surface area contributed by atoms with Gasteiger partial charge in [0.25, 0.3) is 0 Å². The smallest absolute Gasteiger partial charge is 0.213 e. The molecule has 0 radical (unpaired) electrons. The third kappa shape index (κ3) is 4.70. The molecule has 2 aromatic rings. The molecule has 4 nitrogen and oxygen atoms in total. The predicted octanol–water partition coefficient (Wildman–Crippen LogP) is 4.53. The second kappa shape index (κ2) is 7.20. The normalized spacial score (nSPS) is 12.1. The summed E-state index contributed by atoms with van der Waals surface area (Å²) in [6, 6.07) is 6.10. The van der Waals surface area contributed by atoms with Crippen molar-refractivity contribution in [2.45, 2.75) is 51.9 Å². The van der Waals surface area contributed by atoms with Crippen molar-refractivity contribution in [3.05, 3.63) is 47.9 Å². The van der Waals surface area contributed by atoms with E-state index in [-0.39, 0.29) is 10.8 Å². The number of pyridine rings is 2. The molecule has 4 heteroatoms. The maximum absolute atomic E-state index is 5.89. The van der Waals surface area contributed by atoms with Gasteiger partial charge in [-0.1, -0.05) is 34.6 Å². The molecular weight excluding hydrogens is 300 g/mol. The van der Waals surface area contributed by atoms with Crippen molar-refractivity contribution in [1.82, 2.24) is 9.97 Å². The lowest BCUT2D eigenvalue weighted by Gasteiger charge is -2.25. The highest BCUT2D eigenvalue weighted by atomic mass is 16.5. The minimum atomic E-state index is -0.0524. The lowest BCUT2D eigenvalue weighted by Crippen LogP contribution is -2.21. The van der Waals surface area contributed by atoms with Crippen LogP contribution in [0.25, 0.3) is 0 Å². The Morgan fingerprint density at radius 2 is 1.75 bits per heavy atom. The van der Waals surface area contributed by atoms with Crippen molar-refractivity contribution in [2.24, 2.45) is 0 Å². The van der Waals surface area contributed by atoms with Crippen molar-refractivity contribution in [3.8, 4) is 11.6 Å². The van der Waals surface area contributed by atoms with Gasteiger partial charge in [0, 0.05) is 18.5 Å². The van der Waals surface area contributed by atoms with Crippen LogP contribution in [0, 0.1) is 0 Å². The van der Waals surface area contributed by atoms with Crippen LogP contribution in [0.1, 0.15) is 52.2 Å². The molecule has 24 heavy (non-hydrogen) atoms. The van der Waals surface area contributed by atoms with Crippen LogP contribution in [-0.2, 0) is 10.8 Å². The van der Waals surface area contributed by atoms with Gasteiger partial charge in [-0.3, -0.25) is 4.98 Å². The van der Waals surface area contributed by atoms with Gasteiger partial charge in [0.1, 0.15) is 5.75 Å². The molecule has 2 heterocycles. The molecular formula is C20H28N2O2. The van der Waals surface area contributed by atoms with Gasteiger partial charge >= 0.3 is 0 Å². The third-order valence-electron chi connectivity index (χ3n) is 4.31. The Kier molecular flexibility index (Phi) is 5.47. The highest BCUT2D eigenvalue weighted by Crippen LogP contribution is 2.29. The van der Waals surface area contributed by atoms with E-state index in [0.717, 1.165) is 17.7 Å². The summed E-state index contributed by atoms with van der Waals surface area (Å²) in [5.74, 6) is 1.46. The number of hydrogen-bond acceptors (Lipinski definition) is 4. The van der Waals surface area contributed by atoms with Gasteiger partial charge in [0.2, 0.25) is 5.88 Å². The molecule has 0 bridgehead atoms. The molecule has 0 N–H and O–H groups in total. The van der Waals surface area contributed by atoms with Crippen LogP contribution in [0.3, 0.4) is 0 Å². The van der Waals surface area contributed by atoms with E-state index in [1.807, 2.05) is 30.6 Å². The highest BCUT2D eigenvalue weighted by Gasteiger charge is 2.22. The SMILES string of the molecule is COc1cncc(C(C)(C)CCOc2cc(C(C)(C)C)ccn2)c1. The standard InChI is InChI=1S/C20H28N2O2/c1-19(2,3)15-7-9-22-18(12-15)24-10-8-20(4,5)16-11-17(23-6)14-21-13-16/h7,9,11-14H,8,10H2,1-6H3. The average Bonchev–Trinajstić information content (AvgIpc) is 2.54. The first-order chi connectivity index (χ1) is 11.2. The molecule has 0 amide bonds. The topological polar surface area (TPSA) is 44.2 Å². The number of nitrogens with zero attached hydrogens (tertiary/aromatic N) is 2. The number of ether oxygens (including phenoxy) is 2. The van der Waals surface area contributed by atoms with Gasteiger partial charge in [0.05, 0.1) is 19.9 Å². The van der Waals surface area contributed by atoms with E-state index in [9.17, 15) is 0 Å². The maximum atomic E-state index is 5.89. The number of rotatable bonds is 6. The minimum Gasteiger partial charge on any atom is -0.495 e. The molecule has 0 unspecified atom stereocenters. The van der Waals surface area contributed by atoms with Crippen molar-refractivity contribution in [1.29, 1.82) is 0 Å². The first-order valence-electron chi connectivity index (χ1n) is 8.31. The van der Waals surface area contributed by atoms with E-state index in [2.05, 4.69) is 44.6 Å². The van der Waals surface area contributed by atoms with Gasteiger partial charge < -0.3 is 9.47 Å². The van der Waals surface area contributed by atoms with Crippen LogP contribution in [0.4, 0.5) is 0 Å². The summed E-state index contributed by atoms with van der Waals surface area (Å²) in [5, 5.41) is 0. The van der Waals surface area contributed by atoms with E-state index < -0.39 is 0 Å². The Hall–Kier alpha value is -2.10. The Bertz CT molecular complexity index is 675.